The maximum Gasteiger partial charge on any atom is 0.296 e. The largest absolute Gasteiger partial charge is 0.394 e. The number of benzene rings is 1. The van der Waals surface area contributed by atoms with Crippen LogP contribution in [0.2, 0.25) is 0 Å². The number of rotatable bonds is 2. The number of halogens is 1. The summed E-state index contributed by atoms with van der Waals surface area (Å²) in [4.78, 5) is 24.6. The molecule has 1 saturated heterocycles. The molecule has 2 N–H and O–H groups in total. The summed E-state index contributed by atoms with van der Waals surface area (Å²) in [6.07, 6.45) is -0.544. The predicted molar refractivity (Wildman–Crippen MR) is 73.0 cm³/mol. The quantitative estimate of drug-likeness (QED) is 0.779. The number of amides is 1. The average molecular weight is 294 g/mol. The van der Waals surface area contributed by atoms with E-state index in [1.54, 1.807) is 4.90 Å². The van der Waals surface area contributed by atoms with Crippen molar-refractivity contribution >= 4 is 23.1 Å². The van der Waals surface area contributed by atoms with Crippen molar-refractivity contribution in [2.24, 2.45) is 0 Å². The minimum atomic E-state index is -0.745. The summed E-state index contributed by atoms with van der Waals surface area (Å²) in [5.41, 5.74) is 0.666. The van der Waals surface area contributed by atoms with Crippen molar-refractivity contribution in [2.75, 3.05) is 29.9 Å². The van der Waals surface area contributed by atoms with Crippen molar-refractivity contribution in [3.05, 3.63) is 23.5 Å². The summed E-state index contributed by atoms with van der Waals surface area (Å²) >= 11 is 0. The molecule has 2 aliphatic rings. The second kappa shape index (κ2) is 5.09. The second-order valence-corrected chi connectivity index (χ2v) is 5.29. The molecule has 1 aromatic rings. The average Bonchev–Trinajstić information content (AvgIpc) is 2.72. The Kier molecular flexibility index (Phi) is 3.38. The van der Waals surface area contributed by atoms with E-state index in [-0.39, 0.29) is 24.0 Å². The first-order valence-electron chi connectivity index (χ1n) is 6.70. The fourth-order valence-electron chi connectivity index (χ4n) is 2.74. The number of carbonyl (C=O) groups is 2. The highest BCUT2D eigenvalue weighted by Crippen LogP contribution is 2.32. The third kappa shape index (κ3) is 2.38. The van der Waals surface area contributed by atoms with Crippen LogP contribution in [0.5, 0.6) is 0 Å². The molecule has 0 spiro atoms. The highest BCUT2D eigenvalue weighted by molar-refractivity contribution is 6.51. The summed E-state index contributed by atoms with van der Waals surface area (Å²) < 4.78 is 19.8. The molecule has 0 aliphatic carbocycles. The van der Waals surface area contributed by atoms with E-state index in [0.29, 0.717) is 18.8 Å². The van der Waals surface area contributed by atoms with Gasteiger partial charge >= 0.3 is 0 Å². The van der Waals surface area contributed by atoms with E-state index < -0.39 is 23.6 Å². The summed E-state index contributed by atoms with van der Waals surface area (Å²) in [6, 6.07) is 2.54. The number of anilines is 2. The molecule has 1 aromatic carbocycles. The highest BCUT2D eigenvalue weighted by atomic mass is 19.1. The van der Waals surface area contributed by atoms with E-state index in [9.17, 15) is 19.1 Å². The SMILES string of the molecule is CC1CN(c2cc3c(cc2F)C(=O)C(=O)N3)CC(CO)O1. The number of aliphatic hydroxyl groups excluding tert-OH is 1. The van der Waals surface area contributed by atoms with E-state index in [1.165, 1.54) is 6.07 Å². The topological polar surface area (TPSA) is 78.9 Å². The lowest BCUT2D eigenvalue weighted by Gasteiger charge is -2.37. The number of nitrogens with one attached hydrogen (secondary N) is 1. The van der Waals surface area contributed by atoms with Gasteiger partial charge in [-0.05, 0) is 19.1 Å². The molecule has 21 heavy (non-hydrogen) atoms. The zero-order chi connectivity index (χ0) is 15.1. The molecule has 7 heteroatoms. The molecule has 2 unspecified atom stereocenters. The Hall–Kier alpha value is -1.99. The normalized spacial score (nSPS) is 25.0. The highest BCUT2D eigenvalue weighted by Gasteiger charge is 2.32. The number of fused-ring (bicyclic) bond motifs is 1. The van der Waals surface area contributed by atoms with Crippen LogP contribution in [0, 0.1) is 5.82 Å². The third-order valence-electron chi connectivity index (χ3n) is 3.66. The van der Waals surface area contributed by atoms with E-state index >= 15 is 0 Å². The first-order chi connectivity index (χ1) is 9.99. The standard InChI is InChI=1S/C14H15FN2O4/c1-7-4-17(5-8(6-18)21-7)12-3-11-9(2-10(12)15)13(19)14(20)16-11/h2-3,7-8,18H,4-6H2,1H3,(H,16,19,20). The van der Waals surface area contributed by atoms with Crippen molar-refractivity contribution in [1.82, 2.24) is 0 Å². The first kappa shape index (κ1) is 14.0. The van der Waals surface area contributed by atoms with E-state index in [2.05, 4.69) is 5.32 Å². The Morgan fingerprint density at radius 1 is 1.43 bits per heavy atom. The summed E-state index contributed by atoms with van der Waals surface area (Å²) in [7, 11) is 0. The molecule has 0 saturated carbocycles. The van der Waals surface area contributed by atoms with Crippen LogP contribution in [0.3, 0.4) is 0 Å². The molecular formula is C14H15FN2O4. The lowest BCUT2D eigenvalue weighted by atomic mass is 10.1. The summed E-state index contributed by atoms with van der Waals surface area (Å²) in [6.45, 7) is 2.50. The lowest BCUT2D eigenvalue weighted by molar-refractivity contribution is -0.112. The van der Waals surface area contributed by atoms with Gasteiger partial charge in [0.1, 0.15) is 5.82 Å². The molecule has 2 atom stereocenters. The Labute approximate surface area is 120 Å². The van der Waals surface area contributed by atoms with Crippen molar-refractivity contribution < 1.29 is 23.8 Å². The molecule has 3 rings (SSSR count). The number of ketones is 1. The number of nitrogens with zero attached hydrogens (tertiary/aromatic N) is 1. The molecular weight excluding hydrogens is 279 g/mol. The predicted octanol–water partition coefficient (Wildman–Crippen LogP) is 0.546. The zero-order valence-corrected chi connectivity index (χ0v) is 11.4. The molecule has 6 nitrogen and oxygen atoms in total. The number of Topliss-reactive ketones (excluding diaryl/α,β-unsaturated/α-hetero) is 1. The minimum absolute atomic E-state index is 0.0567. The van der Waals surface area contributed by atoms with Crippen LogP contribution in [-0.2, 0) is 9.53 Å². The van der Waals surface area contributed by atoms with Crippen LogP contribution in [0.25, 0.3) is 0 Å². The molecule has 1 fully saturated rings. The molecule has 2 heterocycles. The maximum absolute atomic E-state index is 14.3. The van der Waals surface area contributed by atoms with Gasteiger partial charge in [0.05, 0.1) is 35.8 Å². The molecule has 2 aliphatic heterocycles. The number of aliphatic hydroxyl groups is 1. The Morgan fingerprint density at radius 2 is 2.19 bits per heavy atom. The van der Waals surface area contributed by atoms with Crippen molar-refractivity contribution in [1.29, 1.82) is 0 Å². The lowest BCUT2D eigenvalue weighted by Crippen LogP contribution is -2.48. The van der Waals surface area contributed by atoms with Crippen LogP contribution >= 0.6 is 0 Å². The number of hydrogen-bond acceptors (Lipinski definition) is 5. The van der Waals surface area contributed by atoms with E-state index in [1.807, 2.05) is 6.92 Å². The van der Waals surface area contributed by atoms with Gasteiger partial charge in [0.25, 0.3) is 11.7 Å². The Bertz CT molecular complexity index is 619. The molecule has 0 aromatic heterocycles. The van der Waals surface area contributed by atoms with Crippen molar-refractivity contribution in [3.63, 3.8) is 0 Å². The number of morpholine rings is 1. The Balaban J connectivity index is 1.95. The molecule has 112 valence electrons. The third-order valence-corrected chi connectivity index (χ3v) is 3.66. The van der Waals surface area contributed by atoms with Crippen LogP contribution in [-0.4, -0.2) is 48.7 Å². The fourth-order valence-corrected chi connectivity index (χ4v) is 2.74. The van der Waals surface area contributed by atoms with Crippen LogP contribution < -0.4 is 10.2 Å². The number of hydrogen-bond donors (Lipinski definition) is 2. The van der Waals surface area contributed by atoms with Gasteiger partial charge in [0, 0.05) is 13.1 Å². The molecule has 0 bridgehead atoms. The summed E-state index contributed by atoms with van der Waals surface area (Å²) in [5.74, 6) is -2.03. The maximum atomic E-state index is 14.3. The number of ether oxygens (including phenoxy) is 1. The van der Waals surface area contributed by atoms with E-state index in [4.69, 9.17) is 4.74 Å². The van der Waals surface area contributed by atoms with Gasteiger partial charge in [-0.3, -0.25) is 9.59 Å². The van der Waals surface area contributed by atoms with Gasteiger partial charge < -0.3 is 20.1 Å². The van der Waals surface area contributed by atoms with Gasteiger partial charge in [-0.1, -0.05) is 0 Å². The second-order valence-electron chi connectivity index (χ2n) is 5.29. The van der Waals surface area contributed by atoms with Crippen LogP contribution in [0.4, 0.5) is 15.8 Å². The van der Waals surface area contributed by atoms with Gasteiger partial charge in [-0.15, -0.1) is 0 Å². The van der Waals surface area contributed by atoms with Crippen molar-refractivity contribution in [3.8, 4) is 0 Å². The van der Waals surface area contributed by atoms with E-state index in [0.717, 1.165) is 6.07 Å². The van der Waals surface area contributed by atoms with Crippen molar-refractivity contribution in [2.45, 2.75) is 19.1 Å². The molecule has 1 amide bonds. The van der Waals surface area contributed by atoms with Gasteiger partial charge in [-0.2, -0.15) is 0 Å². The van der Waals surface area contributed by atoms with Gasteiger partial charge in [-0.25, -0.2) is 4.39 Å². The Morgan fingerprint density at radius 3 is 2.90 bits per heavy atom. The summed E-state index contributed by atoms with van der Waals surface area (Å²) in [5, 5.41) is 11.6. The van der Waals surface area contributed by atoms with Crippen LogP contribution in [0.15, 0.2) is 12.1 Å². The fraction of sp³-hybridized carbons (Fsp3) is 0.429. The zero-order valence-electron chi connectivity index (χ0n) is 11.4. The monoisotopic (exact) mass is 294 g/mol. The van der Waals surface area contributed by atoms with Crippen LogP contribution in [0.1, 0.15) is 17.3 Å². The van der Waals surface area contributed by atoms with Gasteiger partial charge in [0.2, 0.25) is 0 Å². The molecule has 0 radical (unpaired) electrons. The smallest absolute Gasteiger partial charge is 0.296 e. The van der Waals surface area contributed by atoms with Gasteiger partial charge in [0.15, 0.2) is 0 Å². The minimum Gasteiger partial charge on any atom is -0.394 e. The number of carbonyl (C=O) groups excluding carboxylic acids is 2. The first-order valence-corrected chi connectivity index (χ1v) is 6.70.